The lowest BCUT2D eigenvalue weighted by atomic mass is 10.2. The molecule has 1 unspecified atom stereocenters. The van der Waals surface area contributed by atoms with E-state index < -0.39 is 0 Å². The smallest absolute Gasteiger partial charge is 0.251 e. The molecule has 5 heteroatoms. The molecule has 0 radical (unpaired) electrons. The van der Waals surface area contributed by atoms with Gasteiger partial charge in [0.1, 0.15) is 11.9 Å². The Hall–Kier alpha value is -2.20. The number of rotatable bonds is 6. The highest BCUT2D eigenvalue weighted by molar-refractivity contribution is 5.94. The van der Waals surface area contributed by atoms with Gasteiger partial charge in [-0.1, -0.05) is 25.1 Å². The quantitative estimate of drug-likeness (QED) is 0.793. The van der Waals surface area contributed by atoms with E-state index in [0.29, 0.717) is 17.8 Å². The third kappa shape index (κ3) is 5.83. The lowest BCUT2D eigenvalue weighted by Crippen LogP contribution is -2.35. The van der Waals surface area contributed by atoms with E-state index in [-0.39, 0.29) is 24.4 Å². The number of nitrogens with two attached hydrogens (primary N) is 1. The van der Waals surface area contributed by atoms with Crippen LogP contribution in [0.2, 0.25) is 0 Å². The van der Waals surface area contributed by atoms with Crippen molar-refractivity contribution < 1.29 is 9.53 Å². The zero-order chi connectivity index (χ0) is 15.9. The minimum atomic E-state index is -0.140. The third-order valence-corrected chi connectivity index (χ3v) is 3.39. The highest BCUT2D eigenvalue weighted by Gasteiger charge is 2.12. The van der Waals surface area contributed by atoms with Gasteiger partial charge in [0.2, 0.25) is 0 Å². The van der Waals surface area contributed by atoms with Crippen molar-refractivity contribution in [1.82, 2.24) is 5.32 Å². The van der Waals surface area contributed by atoms with Crippen molar-refractivity contribution in [2.24, 2.45) is 0 Å². The van der Waals surface area contributed by atoms with E-state index in [9.17, 15) is 4.79 Å². The molecule has 1 amide bonds. The summed E-state index contributed by atoms with van der Waals surface area (Å²) in [7, 11) is 0. The average molecular weight is 335 g/mol. The van der Waals surface area contributed by atoms with Crippen LogP contribution in [0.25, 0.3) is 0 Å². The van der Waals surface area contributed by atoms with Crippen molar-refractivity contribution in [3.63, 3.8) is 0 Å². The Bertz CT molecular complexity index is 646. The molecule has 0 spiro atoms. The molecule has 0 aromatic heterocycles. The molecule has 0 fully saturated rings. The SMILES string of the molecule is CCC(CNC(=O)c1cccc(N)c1)Oc1cccc(C)c1.Cl. The monoisotopic (exact) mass is 334 g/mol. The molecule has 124 valence electrons. The number of aryl methyl sites for hydroxylation is 1. The summed E-state index contributed by atoms with van der Waals surface area (Å²) in [6, 6.07) is 14.8. The molecule has 0 saturated heterocycles. The summed E-state index contributed by atoms with van der Waals surface area (Å²) in [6.45, 7) is 4.51. The normalized spacial score (nSPS) is 11.2. The van der Waals surface area contributed by atoms with E-state index in [1.807, 2.05) is 38.1 Å². The van der Waals surface area contributed by atoms with E-state index in [0.717, 1.165) is 17.7 Å². The van der Waals surface area contributed by atoms with Crippen LogP contribution in [0.4, 0.5) is 5.69 Å². The van der Waals surface area contributed by atoms with Gasteiger partial charge in [0.25, 0.3) is 5.91 Å². The lowest BCUT2D eigenvalue weighted by Gasteiger charge is -2.18. The molecule has 0 bridgehead atoms. The summed E-state index contributed by atoms with van der Waals surface area (Å²) in [5.41, 5.74) is 7.98. The first-order chi connectivity index (χ1) is 10.6. The maximum atomic E-state index is 12.1. The van der Waals surface area contributed by atoms with E-state index in [1.54, 1.807) is 24.3 Å². The van der Waals surface area contributed by atoms with Gasteiger partial charge in [0, 0.05) is 11.3 Å². The van der Waals surface area contributed by atoms with Crippen molar-refractivity contribution >= 4 is 24.0 Å². The largest absolute Gasteiger partial charge is 0.489 e. The summed E-state index contributed by atoms with van der Waals surface area (Å²) >= 11 is 0. The zero-order valence-corrected chi connectivity index (χ0v) is 14.2. The predicted molar refractivity (Wildman–Crippen MR) is 96.3 cm³/mol. The molecule has 0 aliphatic rings. The summed E-state index contributed by atoms with van der Waals surface area (Å²) in [5, 5.41) is 2.89. The van der Waals surface area contributed by atoms with Crippen LogP contribution in [0, 0.1) is 6.92 Å². The molecule has 0 aliphatic heterocycles. The van der Waals surface area contributed by atoms with E-state index in [4.69, 9.17) is 10.5 Å². The maximum absolute atomic E-state index is 12.1. The number of hydrogen-bond donors (Lipinski definition) is 2. The number of halogens is 1. The fraction of sp³-hybridized carbons (Fsp3) is 0.278. The summed E-state index contributed by atoms with van der Waals surface area (Å²) in [5.74, 6) is 0.684. The van der Waals surface area contributed by atoms with Gasteiger partial charge < -0.3 is 15.8 Å². The minimum absolute atomic E-state index is 0. The van der Waals surface area contributed by atoms with E-state index in [1.165, 1.54) is 0 Å². The third-order valence-electron chi connectivity index (χ3n) is 3.39. The average Bonchev–Trinajstić information content (AvgIpc) is 2.51. The molecule has 23 heavy (non-hydrogen) atoms. The number of hydrogen-bond acceptors (Lipinski definition) is 3. The summed E-state index contributed by atoms with van der Waals surface area (Å²) < 4.78 is 5.92. The lowest BCUT2D eigenvalue weighted by molar-refractivity contribution is 0.0926. The van der Waals surface area contributed by atoms with Crippen LogP contribution < -0.4 is 15.8 Å². The zero-order valence-electron chi connectivity index (χ0n) is 13.4. The number of amides is 1. The van der Waals surface area contributed by atoms with Crippen LogP contribution in [0.15, 0.2) is 48.5 Å². The summed E-state index contributed by atoms with van der Waals surface area (Å²) in [6.07, 6.45) is 0.748. The first-order valence-electron chi connectivity index (χ1n) is 7.45. The Morgan fingerprint density at radius 3 is 2.61 bits per heavy atom. The van der Waals surface area contributed by atoms with Gasteiger partial charge in [-0.25, -0.2) is 0 Å². The second-order valence-corrected chi connectivity index (χ2v) is 5.30. The maximum Gasteiger partial charge on any atom is 0.251 e. The fourth-order valence-electron chi connectivity index (χ4n) is 2.14. The Morgan fingerprint density at radius 2 is 1.96 bits per heavy atom. The molecule has 0 saturated carbocycles. The van der Waals surface area contributed by atoms with Gasteiger partial charge >= 0.3 is 0 Å². The number of benzene rings is 2. The molecule has 0 aliphatic carbocycles. The molecular formula is C18H23ClN2O2. The second-order valence-electron chi connectivity index (χ2n) is 5.30. The molecule has 4 nitrogen and oxygen atoms in total. The minimum Gasteiger partial charge on any atom is -0.489 e. The first-order valence-corrected chi connectivity index (χ1v) is 7.45. The first kappa shape index (κ1) is 18.8. The molecule has 1 atom stereocenters. The van der Waals surface area contributed by atoms with E-state index >= 15 is 0 Å². The number of carbonyl (C=O) groups excluding carboxylic acids is 1. The van der Waals surface area contributed by atoms with Crippen molar-refractivity contribution in [3.05, 3.63) is 59.7 Å². The standard InChI is InChI=1S/C18H22N2O2.ClH/c1-3-16(22-17-9-4-6-13(2)10-17)12-20-18(21)14-7-5-8-15(19)11-14;/h4-11,16H,3,12,19H2,1-2H3,(H,20,21);1H. The van der Waals surface area contributed by atoms with Crippen LogP contribution in [-0.2, 0) is 0 Å². The Morgan fingerprint density at radius 1 is 1.22 bits per heavy atom. The number of nitrogen functional groups attached to an aromatic ring is 1. The van der Waals surface area contributed by atoms with Gasteiger partial charge in [0.15, 0.2) is 0 Å². The van der Waals surface area contributed by atoms with Crippen molar-refractivity contribution in [2.75, 3.05) is 12.3 Å². The molecule has 2 rings (SSSR count). The highest BCUT2D eigenvalue weighted by Crippen LogP contribution is 2.15. The van der Waals surface area contributed by atoms with E-state index in [2.05, 4.69) is 5.32 Å². The Labute approximate surface area is 143 Å². The molecule has 2 aromatic rings. The van der Waals surface area contributed by atoms with Crippen LogP contribution in [0.5, 0.6) is 5.75 Å². The number of carbonyl (C=O) groups is 1. The van der Waals surface area contributed by atoms with Crippen LogP contribution in [0.1, 0.15) is 29.3 Å². The Kier molecular flexibility index (Phi) is 7.42. The van der Waals surface area contributed by atoms with Crippen molar-refractivity contribution in [3.8, 4) is 5.75 Å². The number of anilines is 1. The second kappa shape index (κ2) is 9.06. The molecule has 2 aromatic carbocycles. The van der Waals surface area contributed by atoms with Crippen molar-refractivity contribution in [2.45, 2.75) is 26.4 Å². The van der Waals surface area contributed by atoms with Gasteiger partial charge in [-0.3, -0.25) is 4.79 Å². The highest BCUT2D eigenvalue weighted by atomic mass is 35.5. The predicted octanol–water partition coefficient (Wildman–Crippen LogP) is 3.59. The van der Waals surface area contributed by atoms with Gasteiger partial charge in [-0.2, -0.15) is 0 Å². The topological polar surface area (TPSA) is 64.4 Å². The van der Waals surface area contributed by atoms with Crippen LogP contribution in [0.3, 0.4) is 0 Å². The Balaban J connectivity index is 0.00000264. The molecule has 3 N–H and O–H groups in total. The van der Waals surface area contributed by atoms with Crippen LogP contribution in [-0.4, -0.2) is 18.6 Å². The molecular weight excluding hydrogens is 312 g/mol. The van der Waals surface area contributed by atoms with Gasteiger partial charge in [-0.05, 0) is 49.2 Å². The number of nitrogens with one attached hydrogen (secondary N) is 1. The fourth-order valence-corrected chi connectivity index (χ4v) is 2.14. The van der Waals surface area contributed by atoms with Crippen LogP contribution >= 0.6 is 12.4 Å². The van der Waals surface area contributed by atoms with Gasteiger partial charge in [-0.15, -0.1) is 12.4 Å². The van der Waals surface area contributed by atoms with Crippen molar-refractivity contribution in [1.29, 1.82) is 0 Å². The van der Waals surface area contributed by atoms with Gasteiger partial charge in [0.05, 0.1) is 6.54 Å². The number of ether oxygens (including phenoxy) is 1. The molecule has 0 heterocycles. The summed E-state index contributed by atoms with van der Waals surface area (Å²) in [4.78, 5) is 12.1.